The van der Waals surface area contributed by atoms with Gasteiger partial charge >= 0.3 is 6.01 Å². The minimum absolute atomic E-state index is 0.142. The lowest BCUT2D eigenvalue weighted by Gasteiger charge is -2.10. The maximum absolute atomic E-state index is 5.51. The standard InChI is InChI=1S/C12H17N5O/c1-8-5-14-9(6-13-8)7-15-11-17-16-10(18-11)12(2,3)4/h5-6H,7H2,1-4H3,(H,15,17). The summed E-state index contributed by atoms with van der Waals surface area (Å²) >= 11 is 0. The average Bonchev–Trinajstić information content (AvgIpc) is 2.77. The van der Waals surface area contributed by atoms with Crippen LogP contribution in [-0.4, -0.2) is 20.2 Å². The molecule has 6 nitrogen and oxygen atoms in total. The first-order valence-corrected chi connectivity index (χ1v) is 5.80. The predicted octanol–water partition coefficient (Wildman–Crippen LogP) is 2.08. The third-order valence-corrected chi connectivity index (χ3v) is 2.32. The van der Waals surface area contributed by atoms with Crippen molar-refractivity contribution in [2.75, 3.05) is 5.32 Å². The first-order chi connectivity index (χ1) is 8.45. The molecule has 0 radical (unpaired) electrons. The van der Waals surface area contributed by atoms with E-state index in [1.165, 1.54) is 0 Å². The summed E-state index contributed by atoms with van der Waals surface area (Å²) in [6, 6.07) is 0.405. The molecule has 6 heteroatoms. The molecule has 0 unspecified atom stereocenters. The number of aromatic nitrogens is 4. The lowest BCUT2D eigenvalue weighted by Crippen LogP contribution is -2.11. The molecule has 0 saturated carbocycles. The SMILES string of the molecule is Cc1cnc(CNc2nnc(C(C)(C)C)o2)cn1. The van der Waals surface area contributed by atoms with Gasteiger partial charge < -0.3 is 9.73 Å². The van der Waals surface area contributed by atoms with Crippen molar-refractivity contribution in [1.82, 2.24) is 20.2 Å². The van der Waals surface area contributed by atoms with Crippen LogP contribution in [0.5, 0.6) is 0 Å². The van der Waals surface area contributed by atoms with Crippen molar-refractivity contribution in [1.29, 1.82) is 0 Å². The molecule has 18 heavy (non-hydrogen) atoms. The van der Waals surface area contributed by atoms with E-state index in [4.69, 9.17) is 4.42 Å². The van der Waals surface area contributed by atoms with E-state index in [2.05, 4.69) is 25.5 Å². The third-order valence-electron chi connectivity index (χ3n) is 2.32. The molecule has 96 valence electrons. The van der Waals surface area contributed by atoms with Crippen LogP contribution in [0.2, 0.25) is 0 Å². The second-order valence-corrected chi connectivity index (χ2v) is 5.17. The number of hydrogen-bond donors (Lipinski definition) is 1. The van der Waals surface area contributed by atoms with E-state index in [-0.39, 0.29) is 5.41 Å². The number of aryl methyl sites for hydroxylation is 1. The van der Waals surface area contributed by atoms with Gasteiger partial charge in [-0.05, 0) is 6.92 Å². The Kier molecular flexibility index (Phi) is 3.27. The van der Waals surface area contributed by atoms with Gasteiger partial charge in [-0.1, -0.05) is 25.9 Å². The van der Waals surface area contributed by atoms with E-state index in [0.29, 0.717) is 18.5 Å². The quantitative estimate of drug-likeness (QED) is 0.894. The molecule has 0 aliphatic heterocycles. The minimum Gasteiger partial charge on any atom is -0.408 e. The van der Waals surface area contributed by atoms with Crippen LogP contribution in [0.25, 0.3) is 0 Å². The highest BCUT2D eigenvalue weighted by Gasteiger charge is 2.21. The first-order valence-electron chi connectivity index (χ1n) is 5.80. The summed E-state index contributed by atoms with van der Waals surface area (Å²) < 4.78 is 5.51. The Morgan fingerprint density at radius 2 is 1.94 bits per heavy atom. The minimum atomic E-state index is -0.142. The Morgan fingerprint density at radius 1 is 1.17 bits per heavy atom. The summed E-state index contributed by atoms with van der Waals surface area (Å²) in [5, 5.41) is 11.0. The first kappa shape index (κ1) is 12.5. The normalized spacial score (nSPS) is 11.6. The lowest BCUT2D eigenvalue weighted by atomic mass is 9.97. The zero-order valence-electron chi connectivity index (χ0n) is 11.1. The molecular weight excluding hydrogens is 230 g/mol. The molecule has 2 heterocycles. The average molecular weight is 247 g/mol. The maximum Gasteiger partial charge on any atom is 0.315 e. The van der Waals surface area contributed by atoms with Crippen LogP contribution in [0.4, 0.5) is 6.01 Å². The van der Waals surface area contributed by atoms with Gasteiger partial charge in [0.1, 0.15) is 0 Å². The van der Waals surface area contributed by atoms with E-state index < -0.39 is 0 Å². The van der Waals surface area contributed by atoms with Gasteiger partial charge in [-0.2, -0.15) is 0 Å². The molecule has 0 aromatic carbocycles. The third kappa shape index (κ3) is 3.03. The van der Waals surface area contributed by atoms with E-state index in [1.807, 2.05) is 27.7 Å². The highest BCUT2D eigenvalue weighted by Crippen LogP contribution is 2.21. The van der Waals surface area contributed by atoms with Gasteiger partial charge in [-0.3, -0.25) is 9.97 Å². The smallest absolute Gasteiger partial charge is 0.315 e. The molecule has 0 amide bonds. The second-order valence-electron chi connectivity index (χ2n) is 5.17. The Morgan fingerprint density at radius 3 is 2.50 bits per heavy atom. The van der Waals surface area contributed by atoms with Gasteiger partial charge in [-0.15, -0.1) is 5.10 Å². The van der Waals surface area contributed by atoms with Crippen molar-refractivity contribution in [2.45, 2.75) is 39.7 Å². The van der Waals surface area contributed by atoms with Crippen molar-refractivity contribution in [2.24, 2.45) is 0 Å². The Labute approximate surface area is 106 Å². The topological polar surface area (TPSA) is 76.7 Å². The van der Waals surface area contributed by atoms with Crippen molar-refractivity contribution in [3.05, 3.63) is 29.7 Å². The Hall–Kier alpha value is -1.98. The molecule has 0 atom stereocenters. The van der Waals surface area contributed by atoms with Crippen LogP contribution in [0.15, 0.2) is 16.8 Å². The number of nitrogens with one attached hydrogen (secondary N) is 1. The predicted molar refractivity (Wildman–Crippen MR) is 67.1 cm³/mol. The summed E-state index contributed by atoms with van der Waals surface area (Å²) in [5.41, 5.74) is 1.58. The Balaban J connectivity index is 1.98. The fourth-order valence-electron chi connectivity index (χ4n) is 1.27. The lowest BCUT2D eigenvalue weighted by molar-refractivity contribution is 0.399. The van der Waals surface area contributed by atoms with Gasteiger partial charge in [-0.25, -0.2) is 0 Å². The summed E-state index contributed by atoms with van der Waals surface area (Å²) in [4.78, 5) is 8.40. The number of anilines is 1. The fraction of sp³-hybridized carbons (Fsp3) is 0.500. The van der Waals surface area contributed by atoms with E-state index >= 15 is 0 Å². The molecular formula is C12H17N5O. The molecule has 0 aliphatic rings. The van der Waals surface area contributed by atoms with Gasteiger partial charge in [0.2, 0.25) is 5.89 Å². The van der Waals surface area contributed by atoms with Crippen LogP contribution in [0.3, 0.4) is 0 Å². The van der Waals surface area contributed by atoms with Crippen molar-refractivity contribution in [3.63, 3.8) is 0 Å². The Bertz CT molecular complexity index is 512. The zero-order valence-corrected chi connectivity index (χ0v) is 11.1. The monoisotopic (exact) mass is 247 g/mol. The van der Waals surface area contributed by atoms with E-state index in [9.17, 15) is 0 Å². The summed E-state index contributed by atoms with van der Waals surface area (Å²) in [6.45, 7) is 8.48. The van der Waals surface area contributed by atoms with Gasteiger partial charge in [0, 0.05) is 11.6 Å². The highest BCUT2D eigenvalue weighted by atomic mass is 16.4. The number of hydrogen-bond acceptors (Lipinski definition) is 6. The van der Waals surface area contributed by atoms with Gasteiger partial charge in [0.05, 0.1) is 24.1 Å². The summed E-state index contributed by atoms with van der Waals surface area (Å²) in [5.74, 6) is 0.611. The molecule has 0 aliphatic carbocycles. The van der Waals surface area contributed by atoms with Crippen LogP contribution >= 0.6 is 0 Å². The molecule has 0 bridgehead atoms. The van der Waals surface area contributed by atoms with Gasteiger partial charge in [0.25, 0.3) is 0 Å². The second kappa shape index (κ2) is 4.72. The summed E-state index contributed by atoms with van der Waals surface area (Å²) in [6.07, 6.45) is 3.45. The molecule has 2 aromatic heterocycles. The van der Waals surface area contributed by atoms with Crippen LogP contribution in [0.1, 0.15) is 38.0 Å². The highest BCUT2D eigenvalue weighted by molar-refractivity contribution is 5.20. The van der Waals surface area contributed by atoms with Crippen LogP contribution in [-0.2, 0) is 12.0 Å². The zero-order chi connectivity index (χ0) is 13.2. The molecule has 0 fully saturated rings. The molecule has 0 saturated heterocycles. The molecule has 0 spiro atoms. The molecule has 1 N–H and O–H groups in total. The number of nitrogens with zero attached hydrogens (tertiary/aromatic N) is 4. The van der Waals surface area contributed by atoms with Gasteiger partial charge in [0.15, 0.2) is 0 Å². The van der Waals surface area contributed by atoms with E-state index in [1.54, 1.807) is 12.4 Å². The number of rotatable bonds is 3. The fourth-order valence-corrected chi connectivity index (χ4v) is 1.27. The van der Waals surface area contributed by atoms with Crippen LogP contribution < -0.4 is 5.32 Å². The van der Waals surface area contributed by atoms with Crippen molar-refractivity contribution in [3.8, 4) is 0 Å². The largest absolute Gasteiger partial charge is 0.408 e. The molecule has 2 rings (SSSR count). The van der Waals surface area contributed by atoms with Crippen molar-refractivity contribution < 1.29 is 4.42 Å². The summed E-state index contributed by atoms with van der Waals surface area (Å²) in [7, 11) is 0. The van der Waals surface area contributed by atoms with Crippen molar-refractivity contribution >= 4 is 6.01 Å². The van der Waals surface area contributed by atoms with Crippen LogP contribution in [0, 0.1) is 6.92 Å². The van der Waals surface area contributed by atoms with E-state index in [0.717, 1.165) is 11.4 Å². The molecule has 2 aromatic rings. The maximum atomic E-state index is 5.51.